The lowest BCUT2D eigenvalue weighted by Gasteiger charge is -2.31. The molecule has 6 nitrogen and oxygen atoms in total. The van der Waals surface area contributed by atoms with Crippen LogP contribution in [-0.2, 0) is 4.74 Å². The minimum Gasteiger partial charge on any atom is -0.366 e. The Morgan fingerprint density at radius 1 is 1.36 bits per heavy atom. The van der Waals surface area contributed by atoms with E-state index >= 15 is 0 Å². The predicted octanol–water partition coefficient (Wildman–Crippen LogP) is 2.90. The smallest absolute Gasteiger partial charge is 0.254 e. The summed E-state index contributed by atoms with van der Waals surface area (Å²) in [4.78, 5) is 18.4. The molecule has 0 aliphatic carbocycles. The van der Waals surface area contributed by atoms with Crippen molar-refractivity contribution in [1.29, 1.82) is 0 Å². The van der Waals surface area contributed by atoms with Gasteiger partial charge in [-0.15, -0.1) is 0 Å². The number of amides is 1. The van der Waals surface area contributed by atoms with Gasteiger partial charge in [-0.25, -0.2) is 0 Å². The summed E-state index contributed by atoms with van der Waals surface area (Å²) in [5.74, 6) is 0.780. The van der Waals surface area contributed by atoms with Gasteiger partial charge in [0.05, 0.1) is 23.2 Å². The molecule has 0 unspecified atom stereocenters. The molecule has 0 radical (unpaired) electrons. The number of ether oxygens (including phenoxy) is 1. The maximum Gasteiger partial charge on any atom is 0.254 e. The Morgan fingerprint density at radius 3 is 2.86 bits per heavy atom. The van der Waals surface area contributed by atoms with Crippen LogP contribution in [0.25, 0.3) is 0 Å². The number of hydrogen-bond donors (Lipinski definition) is 0. The van der Waals surface area contributed by atoms with E-state index in [4.69, 9.17) is 32.5 Å². The summed E-state index contributed by atoms with van der Waals surface area (Å²) in [7, 11) is 0. The lowest BCUT2D eigenvalue weighted by atomic mass is 10.1. The summed E-state index contributed by atoms with van der Waals surface area (Å²) in [6.07, 6.45) is -0.391. The fraction of sp³-hybridized carbons (Fsp3) is 0.357. The Kier molecular flexibility index (Phi) is 4.33. The molecule has 116 valence electrons. The second-order valence-corrected chi connectivity index (χ2v) is 5.73. The van der Waals surface area contributed by atoms with Gasteiger partial charge in [0.2, 0.25) is 11.7 Å². The van der Waals surface area contributed by atoms with E-state index < -0.39 is 6.10 Å². The Hall–Kier alpha value is -1.63. The van der Waals surface area contributed by atoms with Crippen molar-refractivity contribution in [2.24, 2.45) is 0 Å². The maximum atomic E-state index is 12.5. The SMILES string of the molecule is Cc1nc([C@@H]2CN(C(=O)c3ccc(Cl)c(Cl)c3)CCO2)no1. The van der Waals surface area contributed by atoms with Crippen LogP contribution in [-0.4, -0.2) is 40.6 Å². The lowest BCUT2D eigenvalue weighted by Crippen LogP contribution is -2.42. The van der Waals surface area contributed by atoms with Crippen LogP contribution in [0.5, 0.6) is 0 Å². The Labute approximate surface area is 136 Å². The van der Waals surface area contributed by atoms with E-state index in [2.05, 4.69) is 10.1 Å². The fourth-order valence-corrected chi connectivity index (χ4v) is 2.55. The van der Waals surface area contributed by atoms with Crippen LogP contribution in [0.3, 0.4) is 0 Å². The Balaban J connectivity index is 1.76. The van der Waals surface area contributed by atoms with Crippen LogP contribution >= 0.6 is 23.2 Å². The van der Waals surface area contributed by atoms with Crippen LogP contribution < -0.4 is 0 Å². The number of benzene rings is 1. The van der Waals surface area contributed by atoms with E-state index in [0.29, 0.717) is 47.0 Å². The average molecular weight is 342 g/mol. The highest BCUT2D eigenvalue weighted by Gasteiger charge is 2.29. The van der Waals surface area contributed by atoms with Crippen LogP contribution in [0.4, 0.5) is 0 Å². The molecule has 1 aromatic carbocycles. The second-order valence-electron chi connectivity index (χ2n) is 4.91. The van der Waals surface area contributed by atoms with E-state index in [1.165, 1.54) is 0 Å². The molecule has 1 aromatic heterocycles. The lowest BCUT2D eigenvalue weighted by molar-refractivity contribution is -0.0276. The van der Waals surface area contributed by atoms with Gasteiger partial charge < -0.3 is 14.2 Å². The third kappa shape index (κ3) is 3.09. The van der Waals surface area contributed by atoms with Gasteiger partial charge in [0, 0.05) is 19.0 Å². The minimum atomic E-state index is -0.391. The van der Waals surface area contributed by atoms with E-state index in [-0.39, 0.29) is 5.91 Å². The van der Waals surface area contributed by atoms with E-state index in [9.17, 15) is 4.79 Å². The summed E-state index contributed by atoms with van der Waals surface area (Å²) in [5, 5.41) is 4.61. The summed E-state index contributed by atoms with van der Waals surface area (Å²) < 4.78 is 10.6. The van der Waals surface area contributed by atoms with Gasteiger partial charge in [-0.1, -0.05) is 28.4 Å². The number of aromatic nitrogens is 2. The summed E-state index contributed by atoms with van der Waals surface area (Å²) in [6.45, 7) is 2.97. The van der Waals surface area contributed by atoms with E-state index in [0.717, 1.165) is 0 Å². The molecule has 0 bridgehead atoms. The number of aryl methyl sites for hydroxylation is 1. The summed E-state index contributed by atoms with van der Waals surface area (Å²) in [6, 6.07) is 4.83. The van der Waals surface area contributed by atoms with E-state index in [1.807, 2.05) is 0 Å². The number of morpholine rings is 1. The number of carbonyl (C=O) groups excluding carboxylic acids is 1. The highest BCUT2D eigenvalue weighted by molar-refractivity contribution is 6.42. The van der Waals surface area contributed by atoms with Crippen molar-refractivity contribution >= 4 is 29.1 Å². The number of nitrogens with zero attached hydrogens (tertiary/aromatic N) is 3. The first-order valence-corrected chi connectivity index (χ1v) is 7.46. The van der Waals surface area contributed by atoms with Crippen molar-refractivity contribution in [3.05, 3.63) is 45.5 Å². The van der Waals surface area contributed by atoms with Gasteiger partial charge in [-0.3, -0.25) is 4.79 Å². The Bertz CT molecular complexity index is 704. The molecule has 1 aliphatic rings. The molecule has 0 N–H and O–H groups in total. The van der Waals surface area contributed by atoms with Crippen LogP contribution in [0, 0.1) is 6.92 Å². The molecule has 1 amide bonds. The van der Waals surface area contributed by atoms with Crippen molar-refractivity contribution < 1.29 is 14.1 Å². The van der Waals surface area contributed by atoms with Gasteiger partial charge in [-0.2, -0.15) is 4.98 Å². The van der Waals surface area contributed by atoms with Crippen LogP contribution in [0.1, 0.15) is 28.2 Å². The normalized spacial score (nSPS) is 18.5. The highest BCUT2D eigenvalue weighted by Crippen LogP contribution is 2.25. The first-order chi connectivity index (χ1) is 10.5. The predicted molar refractivity (Wildman–Crippen MR) is 80.1 cm³/mol. The highest BCUT2D eigenvalue weighted by atomic mass is 35.5. The number of halogens is 2. The van der Waals surface area contributed by atoms with Crippen molar-refractivity contribution in [1.82, 2.24) is 15.0 Å². The zero-order chi connectivity index (χ0) is 15.7. The molecule has 8 heteroatoms. The fourth-order valence-electron chi connectivity index (χ4n) is 2.25. The molecule has 3 rings (SSSR count). The average Bonchev–Trinajstić information content (AvgIpc) is 2.96. The third-order valence-corrected chi connectivity index (χ3v) is 4.09. The molecular formula is C14H13Cl2N3O3. The summed E-state index contributed by atoms with van der Waals surface area (Å²) >= 11 is 11.8. The monoisotopic (exact) mass is 341 g/mol. The molecule has 1 atom stereocenters. The minimum absolute atomic E-state index is 0.132. The number of rotatable bonds is 2. The van der Waals surface area contributed by atoms with Gasteiger partial charge in [0.15, 0.2) is 0 Å². The van der Waals surface area contributed by atoms with Gasteiger partial charge in [-0.05, 0) is 18.2 Å². The van der Waals surface area contributed by atoms with Gasteiger partial charge >= 0.3 is 0 Å². The molecule has 22 heavy (non-hydrogen) atoms. The van der Waals surface area contributed by atoms with Crippen molar-refractivity contribution in [2.75, 3.05) is 19.7 Å². The number of hydrogen-bond acceptors (Lipinski definition) is 5. The molecular weight excluding hydrogens is 329 g/mol. The maximum absolute atomic E-state index is 12.5. The van der Waals surface area contributed by atoms with Crippen molar-refractivity contribution in [2.45, 2.75) is 13.0 Å². The first-order valence-electron chi connectivity index (χ1n) is 6.71. The zero-order valence-electron chi connectivity index (χ0n) is 11.8. The largest absolute Gasteiger partial charge is 0.366 e. The quantitative estimate of drug-likeness (QED) is 0.839. The van der Waals surface area contributed by atoms with Gasteiger partial charge in [0.25, 0.3) is 5.91 Å². The third-order valence-electron chi connectivity index (χ3n) is 3.35. The number of carbonyl (C=O) groups is 1. The van der Waals surface area contributed by atoms with Crippen molar-refractivity contribution in [3.8, 4) is 0 Å². The van der Waals surface area contributed by atoms with Crippen LogP contribution in [0.15, 0.2) is 22.7 Å². The molecule has 2 heterocycles. The molecule has 1 saturated heterocycles. The standard InChI is InChI=1S/C14H13Cl2N3O3/c1-8-17-13(18-22-8)12-7-19(4-5-21-12)14(20)9-2-3-10(15)11(16)6-9/h2-3,6,12H,4-5,7H2,1H3/t12-/m0/s1. The molecule has 1 fully saturated rings. The molecule has 0 saturated carbocycles. The van der Waals surface area contributed by atoms with Gasteiger partial charge in [0.1, 0.15) is 6.10 Å². The zero-order valence-corrected chi connectivity index (χ0v) is 13.3. The molecule has 1 aliphatic heterocycles. The topological polar surface area (TPSA) is 68.5 Å². The second kappa shape index (κ2) is 6.24. The Morgan fingerprint density at radius 2 is 2.18 bits per heavy atom. The van der Waals surface area contributed by atoms with Crippen molar-refractivity contribution in [3.63, 3.8) is 0 Å². The molecule has 0 spiro atoms. The first kappa shape index (κ1) is 15.3. The van der Waals surface area contributed by atoms with Crippen LogP contribution in [0.2, 0.25) is 10.0 Å². The van der Waals surface area contributed by atoms with E-state index in [1.54, 1.807) is 30.0 Å². The molecule has 2 aromatic rings. The summed E-state index contributed by atoms with van der Waals surface area (Å²) in [5.41, 5.74) is 0.486.